The molecule has 0 fully saturated rings. The van der Waals surface area contributed by atoms with Crippen LogP contribution < -0.4 is 5.73 Å². The molecule has 1 unspecified atom stereocenters. The Morgan fingerprint density at radius 1 is 0.554 bits per heavy atom. The van der Waals surface area contributed by atoms with E-state index in [0.717, 1.165) is 51.4 Å². The van der Waals surface area contributed by atoms with Crippen molar-refractivity contribution in [2.75, 3.05) is 19.8 Å². The van der Waals surface area contributed by atoms with Gasteiger partial charge in [0.25, 0.3) is 0 Å². The van der Waals surface area contributed by atoms with Gasteiger partial charge in [-0.1, -0.05) is 132 Å². The van der Waals surface area contributed by atoms with Crippen LogP contribution in [0.3, 0.4) is 0 Å². The maximum Gasteiger partial charge on any atom is 0.472 e. The number of allylic oxidation sites excluding steroid dienone is 12. The number of ether oxygens (including phenoxy) is 2. The molecule has 56 heavy (non-hydrogen) atoms. The molecular weight excluding hydrogens is 733 g/mol. The Hall–Kier alpha value is -3.08. The minimum atomic E-state index is -4.74. The van der Waals surface area contributed by atoms with Gasteiger partial charge in [-0.25, -0.2) is 4.57 Å². The second-order valence-electron chi connectivity index (χ2n) is 13.8. The molecule has 0 saturated carbocycles. The number of carbonyl (C=O) groups is 3. The van der Waals surface area contributed by atoms with Crippen molar-refractivity contribution in [1.82, 2.24) is 0 Å². The summed E-state index contributed by atoms with van der Waals surface area (Å²) in [6, 6.07) is -1.54. The third kappa shape index (κ3) is 37.8. The van der Waals surface area contributed by atoms with Crippen LogP contribution in [0.4, 0.5) is 0 Å². The molecule has 0 aromatic heterocycles. The monoisotopic (exact) mass is 808 g/mol. The summed E-state index contributed by atoms with van der Waals surface area (Å²) in [5.74, 6) is -2.50. The molecule has 0 saturated heterocycles. The predicted molar refractivity (Wildman–Crippen MR) is 226 cm³/mol. The Bertz CT molecular complexity index is 1230. The number of unbranched alkanes of at least 4 members (excludes halogenated alkanes) is 12. The van der Waals surface area contributed by atoms with Gasteiger partial charge in [-0.2, -0.15) is 0 Å². The molecule has 11 nitrogen and oxygen atoms in total. The van der Waals surface area contributed by atoms with E-state index in [1.54, 1.807) is 0 Å². The quantitative estimate of drug-likeness (QED) is 0.0235. The Morgan fingerprint density at radius 2 is 0.964 bits per heavy atom. The lowest BCUT2D eigenvalue weighted by Crippen LogP contribution is -2.34. The predicted octanol–water partition coefficient (Wildman–Crippen LogP) is 10.9. The fraction of sp³-hybridized carbons (Fsp3) is 0.659. The van der Waals surface area contributed by atoms with Gasteiger partial charge < -0.3 is 25.2 Å². The number of rotatable bonds is 38. The van der Waals surface area contributed by atoms with Crippen molar-refractivity contribution in [2.24, 2.45) is 5.73 Å². The SMILES string of the molecule is CCCCC/C=C/C/C=C/C/C=C/C/C=C/CCCC(=O)O[C@H](COC(=O)CCCC/C=C/C/C=C/CCCCCCCC)COP(=O)(O)OC[C@H](N)C(=O)O. The summed E-state index contributed by atoms with van der Waals surface area (Å²) in [6.07, 6.45) is 45.5. The van der Waals surface area contributed by atoms with Crippen molar-refractivity contribution in [1.29, 1.82) is 0 Å². The molecule has 3 atom stereocenters. The topological polar surface area (TPSA) is 172 Å². The van der Waals surface area contributed by atoms with Crippen LogP contribution in [-0.4, -0.2) is 59.9 Å². The summed E-state index contributed by atoms with van der Waals surface area (Å²) in [7, 11) is -4.74. The van der Waals surface area contributed by atoms with E-state index in [9.17, 15) is 23.8 Å². The second kappa shape index (κ2) is 38.8. The van der Waals surface area contributed by atoms with Crippen LogP contribution in [0.2, 0.25) is 0 Å². The van der Waals surface area contributed by atoms with E-state index in [1.807, 2.05) is 12.2 Å². The Kier molecular flexibility index (Phi) is 36.6. The summed E-state index contributed by atoms with van der Waals surface area (Å²) in [5, 5.41) is 8.88. The van der Waals surface area contributed by atoms with Gasteiger partial charge in [-0.3, -0.25) is 23.4 Å². The van der Waals surface area contributed by atoms with Crippen molar-refractivity contribution in [3.63, 3.8) is 0 Å². The maximum atomic E-state index is 12.6. The van der Waals surface area contributed by atoms with Crippen LogP contribution in [0.25, 0.3) is 0 Å². The number of esters is 2. The molecular formula is C44H74NO10P. The van der Waals surface area contributed by atoms with E-state index in [-0.39, 0.29) is 19.4 Å². The highest BCUT2D eigenvalue weighted by atomic mass is 31.2. The summed E-state index contributed by atoms with van der Waals surface area (Å²) in [4.78, 5) is 45.9. The Labute approximate surface area is 338 Å². The lowest BCUT2D eigenvalue weighted by atomic mass is 10.1. The number of hydrogen-bond acceptors (Lipinski definition) is 9. The molecule has 12 heteroatoms. The number of carbonyl (C=O) groups excluding carboxylic acids is 2. The van der Waals surface area contributed by atoms with E-state index < -0.39 is 51.1 Å². The van der Waals surface area contributed by atoms with Gasteiger partial charge in [0, 0.05) is 12.8 Å². The van der Waals surface area contributed by atoms with Crippen molar-refractivity contribution in [3.05, 3.63) is 72.9 Å². The average Bonchev–Trinajstić information content (AvgIpc) is 3.17. The standard InChI is InChI=1S/C44H74NO10P/c1-3-5-7-9-11-13-15-17-19-20-22-24-26-28-30-32-34-36-43(47)55-40(38-53-56(50,51)54-39-41(45)44(48)49)37-52-42(46)35-33-31-29-27-25-23-21-18-16-14-12-10-8-6-4-2/h11,13,17-19,21-22,24-25,27-28,30,40-41H,3-10,12,14-16,20,23,26,29,31-39,45H2,1-2H3,(H,48,49)(H,50,51)/b13-11+,19-17+,21-18+,24-22+,27-25+,30-28+/t40-,41+/m1/s1. The highest BCUT2D eigenvalue weighted by molar-refractivity contribution is 7.47. The first-order valence-corrected chi connectivity index (χ1v) is 22.5. The average molecular weight is 808 g/mol. The normalized spacial score (nSPS) is 14.5. The highest BCUT2D eigenvalue weighted by Crippen LogP contribution is 2.43. The maximum absolute atomic E-state index is 12.6. The number of phosphoric acid groups is 1. The fourth-order valence-electron chi connectivity index (χ4n) is 5.09. The highest BCUT2D eigenvalue weighted by Gasteiger charge is 2.28. The molecule has 0 aromatic rings. The first-order chi connectivity index (χ1) is 27.1. The Balaban J connectivity index is 4.56. The molecule has 0 bridgehead atoms. The minimum absolute atomic E-state index is 0.0751. The number of phosphoric ester groups is 1. The van der Waals surface area contributed by atoms with E-state index in [4.69, 9.17) is 24.8 Å². The lowest BCUT2D eigenvalue weighted by Gasteiger charge is -2.20. The molecule has 0 aliphatic carbocycles. The lowest BCUT2D eigenvalue weighted by molar-refractivity contribution is -0.161. The van der Waals surface area contributed by atoms with Crippen LogP contribution in [0.1, 0.15) is 155 Å². The fourth-order valence-corrected chi connectivity index (χ4v) is 5.86. The molecule has 0 radical (unpaired) electrons. The molecule has 320 valence electrons. The van der Waals surface area contributed by atoms with Crippen molar-refractivity contribution >= 4 is 25.7 Å². The molecule has 0 amide bonds. The molecule has 0 aliphatic heterocycles. The molecule has 0 heterocycles. The number of carboxylic acids is 1. The van der Waals surface area contributed by atoms with Gasteiger partial charge >= 0.3 is 25.7 Å². The van der Waals surface area contributed by atoms with Crippen LogP contribution in [-0.2, 0) is 37.5 Å². The third-order valence-corrected chi connectivity index (χ3v) is 9.38. The van der Waals surface area contributed by atoms with Gasteiger partial charge in [0.1, 0.15) is 12.6 Å². The molecule has 0 aromatic carbocycles. The zero-order chi connectivity index (χ0) is 41.4. The van der Waals surface area contributed by atoms with Gasteiger partial charge in [-0.15, -0.1) is 0 Å². The zero-order valence-corrected chi connectivity index (χ0v) is 35.3. The summed E-state index contributed by atoms with van der Waals surface area (Å²) in [5.41, 5.74) is 5.32. The van der Waals surface area contributed by atoms with Crippen LogP contribution >= 0.6 is 7.82 Å². The van der Waals surface area contributed by atoms with Crippen molar-refractivity contribution in [2.45, 2.75) is 167 Å². The smallest absolute Gasteiger partial charge is 0.472 e. The number of hydrogen-bond donors (Lipinski definition) is 3. The molecule has 4 N–H and O–H groups in total. The van der Waals surface area contributed by atoms with Gasteiger partial charge in [-0.05, 0) is 83.5 Å². The van der Waals surface area contributed by atoms with Crippen LogP contribution in [0, 0.1) is 0 Å². The van der Waals surface area contributed by atoms with Crippen LogP contribution in [0.5, 0.6) is 0 Å². The van der Waals surface area contributed by atoms with Crippen molar-refractivity contribution < 1.29 is 47.5 Å². The molecule has 0 spiro atoms. The summed E-state index contributed by atoms with van der Waals surface area (Å²) in [6.45, 7) is 2.66. The summed E-state index contributed by atoms with van der Waals surface area (Å²) >= 11 is 0. The van der Waals surface area contributed by atoms with Crippen molar-refractivity contribution in [3.8, 4) is 0 Å². The van der Waals surface area contributed by atoms with E-state index >= 15 is 0 Å². The van der Waals surface area contributed by atoms with Gasteiger partial charge in [0.15, 0.2) is 6.10 Å². The largest absolute Gasteiger partial charge is 0.480 e. The second-order valence-corrected chi connectivity index (χ2v) is 15.2. The number of aliphatic carboxylic acids is 1. The van der Waals surface area contributed by atoms with E-state index in [0.29, 0.717) is 19.3 Å². The number of nitrogens with two attached hydrogens (primary N) is 1. The first kappa shape index (κ1) is 52.9. The molecule has 0 rings (SSSR count). The zero-order valence-electron chi connectivity index (χ0n) is 34.4. The summed E-state index contributed by atoms with van der Waals surface area (Å²) < 4.78 is 32.5. The number of carboxylic acid groups (broad SMARTS) is 1. The van der Waals surface area contributed by atoms with E-state index in [1.165, 1.54) is 57.8 Å². The van der Waals surface area contributed by atoms with Crippen LogP contribution in [0.15, 0.2) is 72.9 Å². The van der Waals surface area contributed by atoms with Gasteiger partial charge in [0.05, 0.1) is 13.2 Å². The third-order valence-electron chi connectivity index (χ3n) is 8.43. The Morgan fingerprint density at radius 3 is 1.50 bits per heavy atom. The van der Waals surface area contributed by atoms with Gasteiger partial charge in [0.2, 0.25) is 0 Å². The van der Waals surface area contributed by atoms with E-state index in [2.05, 4.69) is 79.1 Å². The first-order valence-electron chi connectivity index (χ1n) is 21.0. The minimum Gasteiger partial charge on any atom is -0.480 e. The molecule has 0 aliphatic rings.